The third kappa shape index (κ3) is 2.94. The predicted molar refractivity (Wildman–Crippen MR) is 72.7 cm³/mol. The summed E-state index contributed by atoms with van der Waals surface area (Å²) in [6.07, 6.45) is 0. The summed E-state index contributed by atoms with van der Waals surface area (Å²) in [7, 11) is -1.69. The molecule has 21 heavy (non-hydrogen) atoms. The first-order valence-corrected chi connectivity index (χ1v) is 7.25. The maximum absolute atomic E-state index is 13.7. The maximum Gasteiger partial charge on any atom is 0.268 e. The van der Waals surface area contributed by atoms with Crippen LogP contribution in [-0.2, 0) is 10.0 Å². The molecule has 0 unspecified atom stereocenters. The quantitative estimate of drug-likeness (QED) is 0.868. The van der Waals surface area contributed by atoms with Crippen LogP contribution in [0.1, 0.15) is 0 Å². The molecular formula is C13H12F2N2O3S. The van der Waals surface area contributed by atoms with E-state index in [1.165, 1.54) is 32.4 Å². The van der Waals surface area contributed by atoms with Crippen LogP contribution in [0.4, 0.5) is 14.6 Å². The number of halogens is 2. The number of nitrogens with zero attached hydrogens (tertiary/aromatic N) is 2. The normalized spacial score (nSPS) is 11.2. The summed E-state index contributed by atoms with van der Waals surface area (Å²) < 4.78 is 57.2. The van der Waals surface area contributed by atoms with Gasteiger partial charge >= 0.3 is 0 Å². The first-order chi connectivity index (χ1) is 9.86. The van der Waals surface area contributed by atoms with Gasteiger partial charge in [0.2, 0.25) is 5.88 Å². The molecule has 8 heteroatoms. The number of rotatable bonds is 4. The fraction of sp³-hybridized carbons (Fsp3) is 0.154. The number of methoxy groups -OCH3 is 1. The zero-order valence-corrected chi connectivity index (χ0v) is 12.1. The van der Waals surface area contributed by atoms with Crippen LogP contribution in [0.3, 0.4) is 0 Å². The van der Waals surface area contributed by atoms with Gasteiger partial charge in [-0.2, -0.15) is 4.98 Å². The van der Waals surface area contributed by atoms with E-state index in [0.29, 0.717) is 6.07 Å². The van der Waals surface area contributed by atoms with Crippen LogP contribution in [0.5, 0.6) is 5.88 Å². The van der Waals surface area contributed by atoms with E-state index in [2.05, 4.69) is 4.98 Å². The van der Waals surface area contributed by atoms with Gasteiger partial charge in [-0.1, -0.05) is 6.07 Å². The van der Waals surface area contributed by atoms with Gasteiger partial charge < -0.3 is 4.74 Å². The SMILES string of the molecule is COc1cccc(N(C)S(=O)(=O)c2cc(F)ccc2F)n1. The Balaban J connectivity index is 2.49. The smallest absolute Gasteiger partial charge is 0.268 e. The van der Waals surface area contributed by atoms with Gasteiger partial charge in [0.25, 0.3) is 10.0 Å². The molecule has 112 valence electrons. The molecule has 0 atom stereocenters. The lowest BCUT2D eigenvalue weighted by molar-refractivity contribution is 0.398. The number of anilines is 1. The topological polar surface area (TPSA) is 59.5 Å². The first kappa shape index (κ1) is 15.2. The molecule has 0 aliphatic heterocycles. The number of pyridine rings is 1. The van der Waals surface area contributed by atoms with Crippen molar-refractivity contribution in [3.63, 3.8) is 0 Å². The molecule has 0 fully saturated rings. The highest BCUT2D eigenvalue weighted by atomic mass is 32.2. The van der Waals surface area contributed by atoms with Gasteiger partial charge in [-0.15, -0.1) is 0 Å². The highest BCUT2D eigenvalue weighted by Gasteiger charge is 2.26. The molecule has 1 aromatic heterocycles. The van der Waals surface area contributed by atoms with Crippen molar-refractivity contribution in [1.29, 1.82) is 0 Å². The van der Waals surface area contributed by atoms with Crippen molar-refractivity contribution in [3.8, 4) is 5.88 Å². The zero-order chi connectivity index (χ0) is 15.6. The van der Waals surface area contributed by atoms with Gasteiger partial charge in [0.15, 0.2) is 0 Å². The average molecular weight is 314 g/mol. The van der Waals surface area contributed by atoms with Crippen molar-refractivity contribution in [3.05, 3.63) is 48.0 Å². The van der Waals surface area contributed by atoms with E-state index in [4.69, 9.17) is 4.74 Å². The molecule has 0 spiro atoms. The molecule has 0 saturated heterocycles. The van der Waals surface area contributed by atoms with E-state index in [9.17, 15) is 17.2 Å². The molecule has 0 bridgehead atoms. The van der Waals surface area contributed by atoms with Crippen molar-refractivity contribution in [2.75, 3.05) is 18.5 Å². The molecule has 0 N–H and O–H groups in total. The van der Waals surface area contributed by atoms with Crippen molar-refractivity contribution in [2.24, 2.45) is 0 Å². The van der Waals surface area contributed by atoms with Crippen molar-refractivity contribution in [1.82, 2.24) is 4.98 Å². The third-order valence-corrected chi connectivity index (χ3v) is 4.55. The molecule has 0 amide bonds. The van der Waals surface area contributed by atoms with Crippen molar-refractivity contribution < 1.29 is 21.9 Å². The number of hydrogen-bond acceptors (Lipinski definition) is 4. The Morgan fingerprint density at radius 2 is 1.90 bits per heavy atom. The van der Waals surface area contributed by atoms with Gasteiger partial charge in [0.05, 0.1) is 7.11 Å². The molecule has 0 radical (unpaired) electrons. The molecular weight excluding hydrogens is 302 g/mol. The van der Waals surface area contributed by atoms with Crippen LogP contribution in [-0.4, -0.2) is 27.6 Å². The van der Waals surface area contributed by atoms with Gasteiger partial charge in [0.1, 0.15) is 22.3 Å². The number of aromatic nitrogens is 1. The van der Waals surface area contributed by atoms with E-state index in [1.54, 1.807) is 0 Å². The lowest BCUT2D eigenvalue weighted by Crippen LogP contribution is -2.28. The van der Waals surface area contributed by atoms with Crippen LogP contribution in [0.15, 0.2) is 41.3 Å². The molecule has 5 nitrogen and oxygen atoms in total. The largest absolute Gasteiger partial charge is 0.481 e. The number of hydrogen-bond donors (Lipinski definition) is 0. The summed E-state index contributed by atoms with van der Waals surface area (Å²) in [5, 5.41) is 0. The molecule has 0 aliphatic rings. The van der Waals surface area contributed by atoms with Gasteiger partial charge in [-0.25, -0.2) is 17.2 Å². The summed E-state index contributed by atoms with van der Waals surface area (Å²) in [6.45, 7) is 0. The second-order valence-corrected chi connectivity index (χ2v) is 6.02. The average Bonchev–Trinajstić information content (AvgIpc) is 2.48. The highest BCUT2D eigenvalue weighted by Crippen LogP contribution is 2.24. The monoisotopic (exact) mass is 314 g/mol. The lowest BCUT2D eigenvalue weighted by Gasteiger charge is -2.19. The number of sulfonamides is 1. The third-order valence-electron chi connectivity index (χ3n) is 2.77. The fourth-order valence-corrected chi connectivity index (χ4v) is 2.86. The molecule has 0 saturated carbocycles. The Morgan fingerprint density at radius 3 is 2.57 bits per heavy atom. The zero-order valence-electron chi connectivity index (χ0n) is 11.2. The number of ether oxygens (including phenoxy) is 1. The summed E-state index contributed by atoms with van der Waals surface area (Å²) in [6, 6.07) is 6.72. The second-order valence-electron chi connectivity index (χ2n) is 4.09. The Labute approximate surface area is 120 Å². The Bertz CT molecular complexity index is 766. The van der Waals surface area contributed by atoms with E-state index >= 15 is 0 Å². The summed E-state index contributed by atoms with van der Waals surface area (Å²) >= 11 is 0. The van der Waals surface area contributed by atoms with Crippen molar-refractivity contribution >= 4 is 15.8 Å². The minimum atomic E-state index is -4.27. The van der Waals surface area contributed by atoms with Crippen molar-refractivity contribution in [2.45, 2.75) is 4.90 Å². The lowest BCUT2D eigenvalue weighted by atomic mass is 10.3. The van der Waals surface area contributed by atoms with Crippen LogP contribution in [0.2, 0.25) is 0 Å². The van der Waals surface area contributed by atoms with E-state index in [-0.39, 0.29) is 11.7 Å². The molecule has 2 aromatic rings. The summed E-state index contributed by atoms with van der Waals surface area (Å²) in [4.78, 5) is 3.19. The molecule has 2 rings (SSSR count). The minimum absolute atomic E-state index is 0.0259. The Hall–Kier alpha value is -2.22. The maximum atomic E-state index is 13.7. The standard InChI is InChI=1S/C13H12F2N2O3S/c1-17(12-4-3-5-13(16-12)20-2)21(18,19)11-8-9(14)6-7-10(11)15/h3-8H,1-2H3. The Kier molecular flexibility index (Phi) is 4.08. The van der Waals surface area contributed by atoms with Crippen LogP contribution in [0.25, 0.3) is 0 Å². The van der Waals surface area contributed by atoms with Gasteiger partial charge in [0, 0.05) is 13.1 Å². The molecule has 0 aliphatic carbocycles. The minimum Gasteiger partial charge on any atom is -0.481 e. The second kappa shape index (κ2) is 5.65. The van der Waals surface area contributed by atoms with Crippen LogP contribution >= 0.6 is 0 Å². The first-order valence-electron chi connectivity index (χ1n) is 5.81. The summed E-state index contributed by atoms with van der Waals surface area (Å²) in [5.74, 6) is -1.65. The molecule has 1 heterocycles. The predicted octanol–water partition coefficient (Wildman–Crippen LogP) is 2.19. The van der Waals surface area contributed by atoms with Gasteiger partial charge in [-0.05, 0) is 24.3 Å². The van der Waals surface area contributed by atoms with E-state index in [1.807, 2.05) is 0 Å². The van der Waals surface area contributed by atoms with E-state index in [0.717, 1.165) is 16.4 Å². The van der Waals surface area contributed by atoms with Crippen LogP contribution in [0, 0.1) is 11.6 Å². The highest BCUT2D eigenvalue weighted by molar-refractivity contribution is 7.92. The Morgan fingerprint density at radius 1 is 1.19 bits per heavy atom. The van der Waals surface area contributed by atoms with E-state index < -0.39 is 26.6 Å². The summed E-state index contributed by atoms with van der Waals surface area (Å²) in [5.41, 5.74) is 0. The van der Waals surface area contributed by atoms with Crippen LogP contribution < -0.4 is 9.04 Å². The number of benzene rings is 1. The molecule has 1 aromatic carbocycles. The van der Waals surface area contributed by atoms with Gasteiger partial charge in [-0.3, -0.25) is 4.31 Å². The fourth-order valence-electron chi connectivity index (χ4n) is 1.64.